The van der Waals surface area contributed by atoms with Crippen LogP contribution in [0.4, 0.5) is 17.6 Å². The van der Waals surface area contributed by atoms with Crippen molar-refractivity contribution in [2.24, 2.45) is 0 Å². The molecule has 47 heavy (non-hydrogen) atoms. The lowest BCUT2D eigenvalue weighted by atomic mass is 10.0. The van der Waals surface area contributed by atoms with E-state index in [1.54, 1.807) is 18.2 Å². The summed E-state index contributed by atoms with van der Waals surface area (Å²) in [5.41, 5.74) is -2.03. The number of alkyl halides is 3. The summed E-state index contributed by atoms with van der Waals surface area (Å²) in [6.07, 6.45) is -1.10. The molecule has 250 valence electrons. The van der Waals surface area contributed by atoms with Gasteiger partial charge in [0, 0.05) is 17.1 Å². The smallest absolute Gasteiger partial charge is 0.303 e. The summed E-state index contributed by atoms with van der Waals surface area (Å²) < 4.78 is 87.6. The molecule has 6 rings (SSSR count). The molecule has 4 N–H and O–H groups in total. The molecule has 0 aliphatic heterocycles. The van der Waals surface area contributed by atoms with Crippen molar-refractivity contribution >= 4 is 32.2 Å². The van der Waals surface area contributed by atoms with Gasteiger partial charge in [0.15, 0.2) is 5.65 Å². The first-order valence-electron chi connectivity index (χ1n) is 13.2. The van der Waals surface area contributed by atoms with E-state index in [2.05, 4.69) is 24.2 Å². The Labute approximate surface area is 257 Å². The third kappa shape index (κ3) is 6.97. The molecule has 1 saturated carbocycles. The monoisotopic (exact) mass is 705 g/mol. The number of rotatable bonds is 10. The second-order valence-electron chi connectivity index (χ2n) is 10.5. The maximum absolute atomic E-state index is 14.9. The van der Waals surface area contributed by atoms with Crippen molar-refractivity contribution < 1.29 is 55.3 Å². The minimum absolute atomic E-state index is 0.0465. The first kappa shape index (κ1) is 32.9. The van der Waals surface area contributed by atoms with E-state index in [9.17, 15) is 36.3 Å². The van der Waals surface area contributed by atoms with Crippen molar-refractivity contribution in [3.63, 3.8) is 0 Å². The van der Waals surface area contributed by atoms with E-state index in [0.29, 0.717) is 27.5 Å². The Kier molecular flexibility index (Phi) is 8.09. The number of aromatic nitrogens is 7. The van der Waals surface area contributed by atoms with E-state index < -0.39 is 70.5 Å². The van der Waals surface area contributed by atoms with Crippen LogP contribution < -0.4 is 11.2 Å². The van der Waals surface area contributed by atoms with Crippen molar-refractivity contribution in [2.45, 2.75) is 44.4 Å². The highest BCUT2D eigenvalue weighted by molar-refractivity contribution is 7.46. The number of nitrogens with zero attached hydrogens (tertiary/aromatic N) is 7. The summed E-state index contributed by atoms with van der Waals surface area (Å²) in [6, 6.07) is 6.26. The molecule has 0 unspecified atom stereocenters. The normalized spacial score (nSPS) is 17.2. The van der Waals surface area contributed by atoms with Crippen LogP contribution in [-0.4, -0.2) is 59.3 Å². The van der Waals surface area contributed by atoms with Crippen LogP contribution in [-0.2, 0) is 38.2 Å². The third-order valence-corrected chi connectivity index (χ3v) is 8.21. The number of halogens is 4. The Bertz CT molecular complexity index is 2250. The number of phosphoric ester groups is 2. The van der Waals surface area contributed by atoms with Crippen LogP contribution >= 0.6 is 15.6 Å². The Morgan fingerprint density at radius 1 is 0.979 bits per heavy atom. The molecule has 2 atom stereocenters. The molecule has 4 aromatic heterocycles. The predicted molar refractivity (Wildman–Crippen MR) is 149 cm³/mol. The van der Waals surface area contributed by atoms with E-state index in [0.717, 1.165) is 21.6 Å². The van der Waals surface area contributed by atoms with E-state index in [-0.39, 0.29) is 27.3 Å². The highest BCUT2D eigenvalue weighted by atomic mass is 31.2. The molecule has 0 bridgehead atoms. The molecular formula is C24H21F4N7O10P2. The van der Waals surface area contributed by atoms with Crippen molar-refractivity contribution in [1.29, 1.82) is 0 Å². The highest BCUT2D eigenvalue weighted by Crippen LogP contribution is 2.56. The lowest BCUT2D eigenvalue weighted by molar-refractivity contribution is -0.141. The fraction of sp³-hybridized carbons (Fsp3) is 0.292. The van der Waals surface area contributed by atoms with Gasteiger partial charge in [-0.15, -0.1) is 0 Å². The number of imidazole rings is 1. The molecule has 0 amide bonds. The molecule has 1 aromatic carbocycles. The van der Waals surface area contributed by atoms with Gasteiger partial charge in [0.05, 0.1) is 29.2 Å². The van der Waals surface area contributed by atoms with Gasteiger partial charge in [-0.3, -0.25) is 23.1 Å². The predicted octanol–water partition coefficient (Wildman–Crippen LogP) is 2.18. The second kappa shape index (κ2) is 11.6. The molecule has 17 nitrogen and oxygen atoms in total. The van der Waals surface area contributed by atoms with Gasteiger partial charge in [0.2, 0.25) is 5.95 Å². The van der Waals surface area contributed by atoms with Gasteiger partial charge in [-0.25, -0.2) is 23.5 Å². The summed E-state index contributed by atoms with van der Waals surface area (Å²) >= 11 is 0. The zero-order valence-corrected chi connectivity index (χ0v) is 25.1. The Balaban J connectivity index is 1.44. The van der Waals surface area contributed by atoms with E-state index >= 15 is 0 Å². The van der Waals surface area contributed by atoms with Crippen molar-refractivity contribution in [1.82, 2.24) is 33.5 Å². The van der Waals surface area contributed by atoms with E-state index in [1.165, 1.54) is 12.3 Å². The Morgan fingerprint density at radius 3 is 2.36 bits per heavy atom. The lowest BCUT2D eigenvalue weighted by Gasteiger charge is -2.14. The Hall–Kier alpha value is -4.07. The maximum Gasteiger partial charge on any atom is 0.471 e. The number of fused-ring (bicyclic) bond motifs is 2. The van der Waals surface area contributed by atoms with Gasteiger partial charge in [-0.05, 0) is 36.0 Å². The average molecular weight is 705 g/mol. The van der Waals surface area contributed by atoms with Crippen LogP contribution in [0, 0.1) is 5.95 Å². The summed E-state index contributed by atoms with van der Waals surface area (Å²) in [6.45, 7) is -3.72. The molecule has 1 aliphatic rings. The van der Waals surface area contributed by atoms with Crippen LogP contribution in [0.5, 0.6) is 0 Å². The molecule has 0 spiro atoms. The third-order valence-electron chi connectivity index (χ3n) is 7.30. The zero-order chi connectivity index (χ0) is 34.1. The van der Waals surface area contributed by atoms with Crippen LogP contribution in [0.2, 0.25) is 0 Å². The number of benzene rings is 1. The largest absolute Gasteiger partial charge is 0.471 e. The first-order valence-corrected chi connectivity index (χ1v) is 16.3. The lowest BCUT2D eigenvalue weighted by Crippen LogP contribution is -2.41. The van der Waals surface area contributed by atoms with Gasteiger partial charge in [0.25, 0.3) is 5.56 Å². The maximum atomic E-state index is 14.9. The first-order chi connectivity index (χ1) is 21.9. The topological polar surface area (TPSA) is 226 Å². The van der Waals surface area contributed by atoms with Crippen molar-refractivity contribution in [3.8, 4) is 11.3 Å². The molecule has 23 heteroatoms. The van der Waals surface area contributed by atoms with Gasteiger partial charge in [-0.1, -0.05) is 12.1 Å². The molecule has 5 aromatic rings. The van der Waals surface area contributed by atoms with Crippen LogP contribution in [0.25, 0.3) is 27.8 Å². The van der Waals surface area contributed by atoms with Crippen LogP contribution in [0.3, 0.4) is 0 Å². The SMILES string of the molecule is O=c1c(-c2cc([C@H]3C[C@@H]3c3ccc4cnn(CC(F)(F)F)c4c3)c3ncc(F)n3n2)cn(COP(=O)(O)O)c(=O)n1COP(=O)(O)O. The molecule has 0 radical (unpaired) electrons. The van der Waals surface area contributed by atoms with Gasteiger partial charge in [-0.2, -0.15) is 32.3 Å². The van der Waals surface area contributed by atoms with Crippen LogP contribution in [0.1, 0.15) is 29.4 Å². The molecule has 0 saturated heterocycles. The highest BCUT2D eigenvalue weighted by Gasteiger charge is 2.42. The van der Waals surface area contributed by atoms with E-state index in [4.69, 9.17) is 19.6 Å². The van der Waals surface area contributed by atoms with Gasteiger partial charge in [0.1, 0.15) is 20.0 Å². The molecular weight excluding hydrogens is 684 g/mol. The zero-order valence-electron chi connectivity index (χ0n) is 23.3. The number of hydrogen-bond acceptors (Lipinski definition) is 9. The molecule has 4 heterocycles. The fourth-order valence-corrected chi connectivity index (χ4v) is 5.74. The summed E-state index contributed by atoms with van der Waals surface area (Å²) in [5, 5.41) is 8.39. The minimum atomic E-state index is -5.22. The standard InChI is InChI=1S/C24H21F4N7O10P2/c25-20-7-29-21-16(15-4-14(15)12-1-2-13-6-30-34(19(13)3-12)9-24(26,27)28)5-18(31-35(20)21)17-8-32(10-44-46(38,39)40)23(37)33(22(17)36)11-45-47(41,42)43/h1-3,5-8,14-15H,4,9-11H2,(H2,38,39,40)(H2,41,42,43)/t14-,15+/m1/s1. The minimum Gasteiger partial charge on any atom is -0.303 e. The van der Waals surface area contributed by atoms with Crippen molar-refractivity contribution in [3.05, 3.63) is 80.8 Å². The van der Waals surface area contributed by atoms with Gasteiger partial charge < -0.3 is 19.6 Å². The number of hydrogen-bond donors (Lipinski definition) is 4. The van der Waals surface area contributed by atoms with Gasteiger partial charge >= 0.3 is 27.5 Å². The van der Waals surface area contributed by atoms with Crippen LogP contribution in [0.15, 0.2) is 52.4 Å². The summed E-state index contributed by atoms with van der Waals surface area (Å²) in [7, 11) is -10.4. The van der Waals surface area contributed by atoms with E-state index in [1.807, 2.05) is 0 Å². The molecule has 1 aliphatic carbocycles. The fourth-order valence-electron chi connectivity index (χ4n) is 5.20. The van der Waals surface area contributed by atoms with Crippen molar-refractivity contribution in [2.75, 3.05) is 0 Å². The molecule has 1 fully saturated rings. The summed E-state index contributed by atoms with van der Waals surface area (Å²) in [5.74, 6) is -1.64. The number of phosphoric acid groups is 2. The Morgan fingerprint density at radius 2 is 1.68 bits per heavy atom. The quantitative estimate of drug-likeness (QED) is 0.121. The second-order valence-corrected chi connectivity index (χ2v) is 13.0. The average Bonchev–Trinajstić information content (AvgIpc) is 3.54. The summed E-state index contributed by atoms with van der Waals surface area (Å²) in [4.78, 5) is 66.8.